The van der Waals surface area contributed by atoms with Gasteiger partial charge in [0.15, 0.2) is 0 Å². The lowest BCUT2D eigenvalue weighted by Crippen LogP contribution is -2.01. The van der Waals surface area contributed by atoms with Crippen LogP contribution in [0.15, 0.2) is 164 Å². The first-order valence-electron chi connectivity index (χ1n) is 16.5. The Labute approximate surface area is 277 Å². The van der Waals surface area contributed by atoms with Gasteiger partial charge in [-0.25, -0.2) is 0 Å². The Kier molecular flexibility index (Phi) is 5.79. The summed E-state index contributed by atoms with van der Waals surface area (Å²) in [5, 5.41) is 7.61. The standard InChI is InChI=1S/C45H31N3/c1-2-30-20-22-31(23-21-30)29-46-43-28-33(48-39-17-9-6-14-34(39)35-15-7-10-18-40(35)48)24-25-36(43)37-26-27-42-44(45(37)46)38-16-8-11-19-41(38)47(42)32-12-4-3-5-13-32/h2-28H,1,29H2. The molecule has 226 valence electrons. The molecule has 0 radical (unpaired) electrons. The van der Waals surface area contributed by atoms with Gasteiger partial charge in [0.05, 0.1) is 33.1 Å². The molecule has 48 heavy (non-hydrogen) atoms. The molecule has 3 aromatic heterocycles. The SMILES string of the molecule is C=Cc1ccc(Cn2c3cc(-n4c5ccccc5c5ccccc54)ccc3c3ccc4c(c5ccccc5n4-c4ccccc4)c32)cc1. The van der Waals surface area contributed by atoms with Crippen molar-refractivity contribution in [1.82, 2.24) is 13.7 Å². The average molecular weight is 614 g/mol. The monoisotopic (exact) mass is 613 g/mol. The number of hydrogen-bond acceptors (Lipinski definition) is 0. The number of fused-ring (bicyclic) bond motifs is 10. The van der Waals surface area contributed by atoms with E-state index in [2.05, 4.69) is 178 Å². The van der Waals surface area contributed by atoms with Crippen molar-refractivity contribution >= 4 is 71.5 Å². The van der Waals surface area contributed by atoms with Gasteiger partial charge in [0.25, 0.3) is 0 Å². The van der Waals surface area contributed by atoms with Crippen molar-refractivity contribution in [3.8, 4) is 11.4 Å². The molecule has 0 saturated carbocycles. The third kappa shape index (κ3) is 3.82. The van der Waals surface area contributed by atoms with E-state index in [1.807, 2.05) is 6.08 Å². The van der Waals surface area contributed by atoms with Gasteiger partial charge < -0.3 is 13.7 Å². The molecule has 3 nitrogen and oxygen atoms in total. The minimum Gasteiger partial charge on any atom is -0.335 e. The van der Waals surface area contributed by atoms with E-state index in [-0.39, 0.29) is 0 Å². The van der Waals surface area contributed by atoms with Crippen LogP contribution in [0, 0.1) is 0 Å². The summed E-state index contributed by atoms with van der Waals surface area (Å²) in [6, 6.07) is 57.5. The van der Waals surface area contributed by atoms with Gasteiger partial charge in [-0.1, -0.05) is 122 Å². The maximum absolute atomic E-state index is 3.98. The number of rotatable bonds is 5. The summed E-state index contributed by atoms with van der Waals surface area (Å²) >= 11 is 0. The third-order valence-corrected chi connectivity index (χ3v) is 10.1. The molecule has 3 heteroatoms. The molecular formula is C45H31N3. The lowest BCUT2D eigenvalue weighted by Gasteiger charge is -2.12. The summed E-state index contributed by atoms with van der Waals surface area (Å²) in [5.74, 6) is 0. The molecule has 0 saturated heterocycles. The molecule has 0 amide bonds. The second-order valence-electron chi connectivity index (χ2n) is 12.6. The van der Waals surface area contributed by atoms with Crippen molar-refractivity contribution in [1.29, 1.82) is 0 Å². The molecular weight excluding hydrogens is 583 g/mol. The molecule has 0 aliphatic rings. The predicted molar refractivity (Wildman–Crippen MR) is 204 cm³/mol. The van der Waals surface area contributed by atoms with Gasteiger partial charge in [-0.2, -0.15) is 0 Å². The topological polar surface area (TPSA) is 14.8 Å². The summed E-state index contributed by atoms with van der Waals surface area (Å²) in [4.78, 5) is 0. The highest BCUT2D eigenvalue weighted by Gasteiger charge is 2.21. The summed E-state index contributed by atoms with van der Waals surface area (Å²) < 4.78 is 7.38. The maximum Gasteiger partial charge on any atom is 0.0596 e. The Morgan fingerprint density at radius 2 is 1.00 bits per heavy atom. The number of aromatic nitrogens is 3. The van der Waals surface area contributed by atoms with Crippen LogP contribution >= 0.6 is 0 Å². The summed E-state index contributed by atoms with van der Waals surface area (Å²) in [6.07, 6.45) is 1.91. The Morgan fingerprint density at radius 1 is 0.438 bits per heavy atom. The summed E-state index contributed by atoms with van der Waals surface area (Å²) in [6.45, 7) is 4.72. The Hall–Kier alpha value is -6.32. The summed E-state index contributed by atoms with van der Waals surface area (Å²) in [5.41, 5.74) is 12.1. The zero-order valence-corrected chi connectivity index (χ0v) is 26.3. The van der Waals surface area contributed by atoms with Crippen LogP contribution in [0.3, 0.4) is 0 Å². The van der Waals surface area contributed by atoms with Gasteiger partial charge in [0.1, 0.15) is 0 Å². The summed E-state index contributed by atoms with van der Waals surface area (Å²) in [7, 11) is 0. The molecule has 10 aromatic rings. The predicted octanol–water partition coefficient (Wildman–Crippen LogP) is 11.7. The molecule has 0 atom stereocenters. The van der Waals surface area contributed by atoms with E-state index in [1.54, 1.807) is 0 Å². The molecule has 10 rings (SSSR count). The molecule has 0 unspecified atom stereocenters. The average Bonchev–Trinajstić information content (AvgIpc) is 3.78. The first-order chi connectivity index (χ1) is 23.8. The van der Waals surface area contributed by atoms with Gasteiger partial charge in [0, 0.05) is 50.2 Å². The van der Waals surface area contributed by atoms with E-state index in [9.17, 15) is 0 Å². The zero-order valence-electron chi connectivity index (χ0n) is 26.3. The van der Waals surface area contributed by atoms with Crippen molar-refractivity contribution in [2.75, 3.05) is 0 Å². The minimum absolute atomic E-state index is 0.748. The third-order valence-electron chi connectivity index (χ3n) is 10.1. The molecule has 0 aliphatic heterocycles. The molecule has 0 spiro atoms. The van der Waals surface area contributed by atoms with Gasteiger partial charge in [0.2, 0.25) is 0 Å². The van der Waals surface area contributed by atoms with Gasteiger partial charge in [-0.05, 0) is 59.7 Å². The number of nitrogens with zero attached hydrogens (tertiary/aromatic N) is 3. The van der Waals surface area contributed by atoms with E-state index >= 15 is 0 Å². The highest BCUT2D eigenvalue weighted by atomic mass is 15.0. The highest BCUT2D eigenvalue weighted by molar-refractivity contribution is 6.25. The van der Waals surface area contributed by atoms with Gasteiger partial charge >= 0.3 is 0 Å². The molecule has 0 fully saturated rings. The van der Waals surface area contributed by atoms with Crippen LogP contribution in [-0.2, 0) is 6.54 Å². The van der Waals surface area contributed by atoms with E-state index in [1.165, 1.54) is 76.7 Å². The Bertz CT molecular complexity index is 2810. The van der Waals surface area contributed by atoms with E-state index in [0.717, 1.165) is 17.8 Å². The van der Waals surface area contributed by atoms with Crippen molar-refractivity contribution in [3.05, 3.63) is 175 Å². The van der Waals surface area contributed by atoms with Crippen LogP contribution < -0.4 is 0 Å². The molecule has 0 bridgehead atoms. The molecule has 7 aromatic carbocycles. The quantitative estimate of drug-likeness (QED) is 0.183. The fraction of sp³-hybridized carbons (Fsp3) is 0.0222. The van der Waals surface area contributed by atoms with Crippen molar-refractivity contribution in [3.63, 3.8) is 0 Å². The fourth-order valence-corrected chi connectivity index (χ4v) is 7.93. The van der Waals surface area contributed by atoms with Crippen LogP contribution in [0.5, 0.6) is 0 Å². The molecule has 0 N–H and O–H groups in total. The first-order valence-corrected chi connectivity index (χ1v) is 16.5. The number of hydrogen-bond donors (Lipinski definition) is 0. The largest absolute Gasteiger partial charge is 0.335 e. The first kappa shape index (κ1) is 26.9. The Balaban J connectivity index is 1.33. The lowest BCUT2D eigenvalue weighted by molar-refractivity contribution is 0.871. The zero-order chi connectivity index (χ0) is 31.8. The minimum atomic E-state index is 0.748. The van der Waals surface area contributed by atoms with Crippen molar-refractivity contribution < 1.29 is 0 Å². The normalized spacial score (nSPS) is 11.9. The molecule has 3 heterocycles. The number of benzene rings is 7. The van der Waals surface area contributed by atoms with E-state index < -0.39 is 0 Å². The van der Waals surface area contributed by atoms with Crippen LogP contribution in [0.1, 0.15) is 11.1 Å². The number of para-hydroxylation sites is 4. The van der Waals surface area contributed by atoms with Gasteiger partial charge in [-0.3, -0.25) is 0 Å². The van der Waals surface area contributed by atoms with Gasteiger partial charge in [-0.15, -0.1) is 0 Å². The second kappa shape index (κ2) is 10.3. The fourth-order valence-electron chi connectivity index (χ4n) is 7.93. The lowest BCUT2D eigenvalue weighted by atomic mass is 10.1. The second-order valence-corrected chi connectivity index (χ2v) is 12.6. The maximum atomic E-state index is 3.98. The van der Waals surface area contributed by atoms with Crippen molar-refractivity contribution in [2.24, 2.45) is 0 Å². The highest BCUT2D eigenvalue weighted by Crippen LogP contribution is 2.42. The van der Waals surface area contributed by atoms with E-state index in [0.29, 0.717) is 0 Å². The van der Waals surface area contributed by atoms with Crippen LogP contribution in [0.2, 0.25) is 0 Å². The van der Waals surface area contributed by atoms with E-state index in [4.69, 9.17) is 0 Å². The van der Waals surface area contributed by atoms with Crippen molar-refractivity contribution in [2.45, 2.75) is 6.54 Å². The smallest absolute Gasteiger partial charge is 0.0596 e. The molecule has 0 aliphatic carbocycles. The Morgan fingerprint density at radius 3 is 1.69 bits per heavy atom. The van der Waals surface area contributed by atoms with Crippen LogP contribution in [0.4, 0.5) is 0 Å². The van der Waals surface area contributed by atoms with Crippen LogP contribution in [0.25, 0.3) is 82.9 Å². The van der Waals surface area contributed by atoms with Crippen LogP contribution in [-0.4, -0.2) is 13.7 Å².